The van der Waals surface area contributed by atoms with Gasteiger partial charge >= 0.3 is 0 Å². The summed E-state index contributed by atoms with van der Waals surface area (Å²) in [6.07, 6.45) is 5.17. The Balaban J connectivity index is 2.00. The molecule has 78 valence electrons. The molecule has 0 amide bonds. The summed E-state index contributed by atoms with van der Waals surface area (Å²) in [5, 5.41) is 1.27. The molecule has 0 aliphatic carbocycles. The molecule has 1 aromatic rings. The van der Waals surface area contributed by atoms with Gasteiger partial charge in [0.25, 0.3) is 0 Å². The summed E-state index contributed by atoms with van der Waals surface area (Å²) in [5.74, 6) is 0.625. The maximum Gasteiger partial charge on any atom is 0.0960 e. The van der Waals surface area contributed by atoms with Crippen LogP contribution in [0.4, 0.5) is 0 Å². The van der Waals surface area contributed by atoms with Crippen LogP contribution in [0.1, 0.15) is 28.6 Å². The van der Waals surface area contributed by atoms with Crippen LogP contribution >= 0.6 is 11.3 Å². The Morgan fingerprint density at radius 3 is 3.00 bits per heavy atom. The quantitative estimate of drug-likeness (QED) is 0.826. The van der Waals surface area contributed by atoms with Crippen molar-refractivity contribution in [2.45, 2.75) is 25.2 Å². The summed E-state index contributed by atoms with van der Waals surface area (Å²) in [7, 11) is 0. The molecule has 0 unspecified atom stereocenters. The first kappa shape index (κ1) is 10.1. The zero-order chi connectivity index (χ0) is 9.80. The lowest BCUT2D eigenvalue weighted by Crippen LogP contribution is -2.13. The van der Waals surface area contributed by atoms with Gasteiger partial charge in [0.15, 0.2) is 0 Å². The van der Waals surface area contributed by atoms with Crippen LogP contribution < -0.4 is 5.73 Å². The zero-order valence-electron chi connectivity index (χ0n) is 8.24. The molecule has 4 heteroatoms. The molecule has 1 aliphatic heterocycles. The molecular weight excluding hydrogens is 196 g/mol. The fourth-order valence-electron chi connectivity index (χ4n) is 1.71. The Morgan fingerprint density at radius 2 is 2.29 bits per heavy atom. The smallest absolute Gasteiger partial charge is 0.0960 e. The second kappa shape index (κ2) is 4.87. The molecule has 0 saturated carbocycles. The molecule has 0 radical (unpaired) electrons. The number of nitrogens with zero attached hydrogens (tertiary/aromatic N) is 1. The first-order chi connectivity index (χ1) is 6.90. The molecule has 1 fully saturated rings. The molecule has 14 heavy (non-hydrogen) atoms. The summed E-state index contributed by atoms with van der Waals surface area (Å²) < 4.78 is 5.33. The maximum absolute atomic E-state index is 5.51. The highest BCUT2D eigenvalue weighted by molar-refractivity contribution is 7.11. The molecule has 2 heterocycles. The molecule has 0 atom stereocenters. The number of hydrogen-bond acceptors (Lipinski definition) is 4. The molecule has 0 spiro atoms. The van der Waals surface area contributed by atoms with Gasteiger partial charge in [-0.1, -0.05) is 0 Å². The van der Waals surface area contributed by atoms with Crippen molar-refractivity contribution in [2.24, 2.45) is 5.73 Å². The van der Waals surface area contributed by atoms with E-state index in [4.69, 9.17) is 10.5 Å². The molecule has 0 aromatic carbocycles. The van der Waals surface area contributed by atoms with E-state index in [1.807, 2.05) is 17.5 Å². The van der Waals surface area contributed by atoms with Crippen LogP contribution in [0.15, 0.2) is 6.20 Å². The van der Waals surface area contributed by atoms with Gasteiger partial charge in [-0.3, -0.25) is 0 Å². The van der Waals surface area contributed by atoms with Gasteiger partial charge in [-0.05, 0) is 25.8 Å². The molecule has 1 saturated heterocycles. The van der Waals surface area contributed by atoms with Gasteiger partial charge in [-0.25, -0.2) is 4.98 Å². The highest BCUT2D eigenvalue weighted by Gasteiger charge is 2.18. The number of rotatable bonds is 3. The average molecular weight is 212 g/mol. The summed E-state index contributed by atoms with van der Waals surface area (Å²) in [4.78, 5) is 5.78. The first-order valence-electron chi connectivity index (χ1n) is 5.12. The lowest BCUT2D eigenvalue weighted by Gasteiger charge is -2.19. The van der Waals surface area contributed by atoms with Crippen LogP contribution in [-0.4, -0.2) is 24.7 Å². The lowest BCUT2D eigenvalue weighted by molar-refractivity contribution is 0.0853. The highest BCUT2D eigenvalue weighted by Crippen LogP contribution is 2.29. The van der Waals surface area contributed by atoms with Gasteiger partial charge in [0.2, 0.25) is 0 Å². The fourth-order valence-corrected chi connectivity index (χ4v) is 2.82. The lowest BCUT2D eigenvalue weighted by atomic mass is 10.0. The predicted octanol–water partition coefficient (Wildman–Crippen LogP) is 1.54. The van der Waals surface area contributed by atoms with Gasteiger partial charge in [-0.15, -0.1) is 11.3 Å². The number of ether oxygens (including phenoxy) is 1. The summed E-state index contributed by atoms with van der Waals surface area (Å²) in [6.45, 7) is 2.49. The Hall–Kier alpha value is -0.450. The third-order valence-corrected chi connectivity index (χ3v) is 3.75. The monoisotopic (exact) mass is 212 g/mol. The topological polar surface area (TPSA) is 48.1 Å². The Kier molecular flexibility index (Phi) is 3.50. The minimum atomic E-state index is 0.625. The van der Waals surface area contributed by atoms with Gasteiger partial charge in [0, 0.05) is 30.2 Å². The molecule has 1 aromatic heterocycles. The molecule has 3 nitrogen and oxygen atoms in total. The number of thiazole rings is 1. The van der Waals surface area contributed by atoms with E-state index >= 15 is 0 Å². The molecule has 2 N–H and O–H groups in total. The van der Waals surface area contributed by atoms with Crippen molar-refractivity contribution in [3.8, 4) is 0 Å². The SMILES string of the molecule is NCCc1cnc(C2CCOCC2)s1. The largest absolute Gasteiger partial charge is 0.381 e. The molecule has 1 aliphatic rings. The van der Waals surface area contributed by atoms with Crippen LogP contribution in [0.25, 0.3) is 0 Å². The van der Waals surface area contributed by atoms with Crippen molar-refractivity contribution in [3.63, 3.8) is 0 Å². The third kappa shape index (κ3) is 2.32. The minimum Gasteiger partial charge on any atom is -0.381 e. The van der Waals surface area contributed by atoms with E-state index in [2.05, 4.69) is 4.98 Å². The van der Waals surface area contributed by atoms with Crippen LogP contribution in [0.5, 0.6) is 0 Å². The second-order valence-electron chi connectivity index (χ2n) is 3.59. The van der Waals surface area contributed by atoms with E-state index < -0.39 is 0 Å². The van der Waals surface area contributed by atoms with E-state index in [1.54, 1.807) is 0 Å². The molecule has 2 rings (SSSR count). The van der Waals surface area contributed by atoms with Crippen LogP contribution in [0.3, 0.4) is 0 Å². The van der Waals surface area contributed by atoms with Crippen molar-refractivity contribution in [2.75, 3.05) is 19.8 Å². The summed E-state index contributed by atoms with van der Waals surface area (Å²) in [5.41, 5.74) is 5.51. The number of nitrogens with two attached hydrogens (primary N) is 1. The van der Waals surface area contributed by atoms with Gasteiger partial charge in [-0.2, -0.15) is 0 Å². The molecule has 0 bridgehead atoms. The summed E-state index contributed by atoms with van der Waals surface area (Å²) >= 11 is 1.82. The minimum absolute atomic E-state index is 0.625. The van der Waals surface area contributed by atoms with E-state index in [0.717, 1.165) is 39.0 Å². The van der Waals surface area contributed by atoms with Crippen LogP contribution in [0.2, 0.25) is 0 Å². The van der Waals surface area contributed by atoms with Gasteiger partial charge in [0.1, 0.15) is 0 Å². The highest BCUT2D eigenvalue weighted by atomic mass is 32.1. The van der Waals surface area contributed by atoms with E-state index in [-0.39, 0.29) is 0 Å². The van der Waals surface area contributed by atoms with Crippen molar-refractivity contribution in [1.82, 2.24) is 4.98 Å². The Bertz CT molecular complexity index is 281. The van der Waals surface area contributed by atoms with Crippen molar-refractivity contribution < 1.29 is 4.74 Å². The van der Waals surface area contributed by atoms with E-state index in [0.29, 0.717) is 5.92 Å². The maximum atomic E-state index is 5.51. The van der Waals surface area contributed by atoms with E-state index in [1.165, 1.54) is 9.88 Å². The first-order valence-corrected chi connectivity index (χ1v) is 5.94. The zero-order valence-corrected chi connectivity index (χ0v) is 9.05. The summed E-state index contributed by atoms with van der Waals surface area (Å²) in [6, 6.07) is 0. The van der Waals surface area contributed by atoms with E-state index in [9.17, 15) is 0 Å². The Labute approximate surface area is 88.3 Å². The number of hydrogen-bond donors (Lipinski definition) is 1. The normalized spacial score (nSPS) is 18.6. The third-order valence-electron chi connectivity index (χ3n) is 2.53. The van der Waals surface area contributed by atoms with Crippen molar-refractivity contribution in [1.29, 1.82) is 0 Å². The van der Waals surface area contributed by atoms with Crippen molar-refractivity contribution in [3.05, 3.63) is 16.1 Å². The predicted molar refractivity (Wildman–Crippen MR) is 57.7 cm³/mol. The average Bonchev–Trinajstić information content (AvgIpc) is 2.68. The number of aromatic nitrogens is 1. The molecular formula is C10H16N2OS. The van der Waals surface area contributed by atoms with Gasteiger partial charge < -0.3 is 10.5 Å². The van der Waals surface area contributed by atoms with Gasteiger partial charge in [0.05, 0.1) is 5.01 Å². The fraction of sp³-hybridized carbons (Fsp3) is 0.700. The van der Waals surface area contributed by atoms with Crippen LogP contribution in [0, 0.1) is 0 Å². The van der Waals surface area contributed by atoms with Crippen LogP contribution in [-0.2, 0) is 11.2 Å². The Morgan fingerprint density at radius 1 is 1.50 bits per heavy atom. The standard InChI is InChI=1S/C10H16N2OS/c11-4-1-9-7-12-10(14-9)8-2-5-13-6-3-8/h7-8H,1-6,11H2. The second-order valence-corrected chi connectivity index (χ2v) is 4.74. The van der Waals surface area contributed by atoms with Crippen molar-refractivity contribution >= 4 is 11.3 Å².